The van der Waals surface area contributed by atoms with Crippen LogP contribution >= 0.6 is 0 Å². The van der Waals surface area contributed by atoms with Crippen LogP contribution in [-0.2, 0) is 23.2 Å². The second kappa shape index (κ2) is 8.21. The molecule has 0 unspecified atom stereocenters. The first kappa shape index (κ1) is 22.3. The third kappa shape index (κ3) is 4.49. The highest BCUT2D eigenvalue weighted by atomic mass is 32.2. The van der Waals surface area contributed by atoms with Crippen LogP contribution in [0.15, 0.2) is 66.1 Å². The van der Waals surface area contributed by atoms with Crippen LogP contribution in [0.2, 0.25) is 0 Å². The lowest BCUT2D eigenvalue weighted by atomic mass is 9.94. The van der Waals surface area contributed by atoms with Gasteiger partial charge in [0.25, 0.3) is 10.0 Å². The first-order valence-electron chi connectivity index (χ1n) is 9.71. The molecule has 32 heavy (non-hydrogen) atoms. The van der Waals surface area contributed by atoms with Crippen LogP contribution in [0.1, 0.15) is 17.0 Å². The van der Waals surface area contributed by atoms with E-state index < -0.39 is 33.6 Å². The zero-order chi connectivity index (χ0) is 23.1. The van der Waals surface area contributed by atoms with E-state index in [4.69, 9.17) is 0 Å². The second-order valence-corrected chi connectivity index (χ2v) is 9.57. The number of imidazole rings is 1. The highest BCUT2D eigenvalue weighted by molar-refractivity contribution is 7.89. The molecule has 2 atom stereocenters. The van der Waals surface area contributed by atoms with Gasteiger partial charge in [-0.1, -0.05) is 12.1 Å². The molecule has 0 radical (unpaired) electrons. The van der Waals surface area contributed by atoms with Gasteiger partial charge < -0.3 is 9.88 Å². The lowest BCUT2D eigenvalue weighted by Gasteiger charge is -2.21. The van der Waals surface area contributed by atoms with Crippen LogP contribution in [0.3, 0.4) is 0 Å². The van der Waals surface area contributed by atoms with Gasteiger partial charge in [0.15, 0.2) is 5.03 Å². The van der Waals surface area contributed by atoms with Crippen LogP contribution < -0.4 is 5.32 Å². The van der Waals surface area contributed by atoms with Crippen molar-refractivity contribution in [2.45, 2.75) is 23.2 Å². The molecule has 1 saturated heterocycles. The minimum Gasteiger partial charge on any atom is -0.380 e. The third-order valence-corrected chi connectivity index (χ3v) is 7.15. The molecule has 170 valence electrons. The van der Waals surface area contributed by atoms with Crippen LogP contribution in [0.25, 0.3) is 0 Å². The minimum absolute atomic E-state index is 0.0714. The van der Waals surface area contributed by atoms with E-state index in [0.717, 1.165) is 17.7 Å². The fraction of sp³-hybridized carbons (Fsp3) is 0.286. The predicted octanol–water partition coefficient (Wildman–Crippen LogP) is 3.85. The molecular formula is C21H20F4N4O2S. The average molecular weight is 468 g/mol. The molecule has 0 saturated carbocycles. The third-order valence-electron chi connectivity index (χ3n) is 5.43. The maximum absolute atomic E-state index is 13.4. The zero-order valence-electron chi connectivity index (χ0n) is 16.9. The van der Waals surface area contributed by atoms with E-state index in [0.29, 0.717) is 5.69 Å². The summed E-state index contributed by atoms with van der Waals surface area (Å²) in [5.41, 5.74) is 0.366. The summed E-state index contributed by atoms with van der Waals surface area (Å²) >= 11 is 0. The number of hydrogen-bond donors (Lipinski definition) is 1. The van der Waals surface area contributed by atoms with Gasteiger partial charge in [0.05, 0.1) is 11.9 Å². The van der Waals surface area contributed by atoms with Crippen molar-refractivity contribution in [1.82, 2.24) is 13.9 Å². The molecule has 11 heteroatoms. The molecule has 3 aromatic rings. The quantitative estimate of drug-likeness (QED) is 0.578. The molecule has 0 spiro atoms. The van der Waals surface area contributed by atoms with Gasteiger partial charge in [-0.3, -0.25) is 0 Å². The summed E-state index contributed by atoms with van der Waals surface area (Å²) in [7, 11) is -2.22. The largest absolute Gasteiger partial charge is 0.416 e. The van der Waals surface area contributed by atoms with Crippen molar-refractivity contribution in [3.8, 4) is 0 Å². The van der Waals surface area contributed by atoms with Gasteiger partial charge in [-0.15, -0.1) is 0 Å². The number of nitrogens with zero attached hydrogens (tertiary/aromatic N) is 3. The Morgan fingerprint density at radius 1 is 1.03 bits per heavy atom. The highest BCUT2D eigenvalue weighted by Crippen LogP contribution is 2.34. The molecule has 0 amide bonds. The Morgan fingerprint density at radius 3 is 2.25 bits per heavy atom. The maximum atomic E-state index is 13.4. The molecule has 0 bridgehead atoms. The highest BCUT2D eigenvalue weighted by Gasteiger charge is 2.41. The van der Waals surface area contributed by atoms with Gasteiger partial charge in [-0.05, 0) is 42.0 Å². The molecular weight excluding hydrogens is 448 g/mol. The van der Waals surface area contributed by atoms with Gasteiger partial charge in [0.2, 0.25) is 0 Å². The van der Waals surface area contributed by atoms with Gasteiger partial charge in [0.1, 0.15) is 5.82 Å². The number of aryl methyl sites for hydroxylation is 1. The van der Waals surface area contributed by atoms with E-state index in [-0.39, 0.29) is 24.0 Å². The Labute approximate surface area is 182 Å². The fourth-order valence-electron chi connectivity index (χ4n) is 3.78. The Morgan fingerprint density at radius 2 is 1.69 bits per heavy atom. The van der Waals surface area contributed by atoms with E-state index in [1.54, 1.807) is 19.2 Å². The number of halogens is 4. The lowest BCUT2D eigenvalue weighted by molar-refractivity contribution is -0.137. The Kier molecular flexibility index (Phi) is 5.72. The van der Waals surface area contributed by atoms with E-state index in [2.05, 4.69) is 10.3 Å². The summed E-state index contributed by atoms with van der Waals surface area (Å²) in [5, 5.41) is 3.06. The van der Waals surface area contributed by atoms with Crippen LogP contribution in [0.4, 0.5) is 23.2 Å². The molecule has 0 aliphatic carbocycles. The summed E-state index contributed by atoms with van der Waals surface area (Å²) in [5.74, 6) is -0.770. The molecule has 2 heterocycles. The molecule has 1 aromatic heterocycles. The molecule has 6 nitrogen and oxygen atoms in total. The number of aromatic nitrogens is 2. The summed E-state index contributed by atoms with van der Waals surface area (Å²) in [6, 6.07) is 9.84. The first-order chi connectivity index (χ1) is 15.0. The topological polar surface area (TPSA) is 67.2 Å². The van der Waals surface area contributed by atoms with Gasteiger partial charge in [0, 0.05) is 44.0 Å². The Hall–Kier alpha value is -2.92. The number of alkyl halides is 3. The summed E-state index contributed by atoms with van der Waals surface area (Å²) in [4.78, 5) is 3.94. The second-order valence-electron chi connectivity index (χ2n) is 7.68. The van der Waals surface area contributed by atoms with Crippen molar-refractivity contribution in [3.05, 3.63) is 78.0 Å². The fourth-order valence-corrected chi connectivity index (χ4v) is 5.24. The van der Waals surface area contributed by atoms with Crippen LogP contribution in [0.5, 0.6) is 0 Å². The molecule has 2 aromatic carbocycles. The predicted molar refractivity (Wildman–Crippen MR) is 110 cm³/mol. The first-order valence-corrected chi connectivity index (χ1v) is 11.2. The van der Waals surface area contributed by atoms with Crippen molar-refractivity contribution in [2.24, 2.45) is 7.05 Å². The number of nitrogens with one attached hydrogen (secondary N) is 1. The average Bonchev–Trinajstić information content (AvgIpc) is 3.36. The molecule has 1 N–H and O–H groups in total. The van der Waals surface area contributed by atoms with E-state index >= 15 is 0 Å². The van der Waals surface area contributed by atoms with Crippen LogP contribution in [0, 0.1) is 5.82 Å². The van der Waals surface area contributed by atoms with Gasteiger partial charge >= 0.3 is 6.18 Å². The Balaban J connectivity index is 1.62. The lowest BCUT2D eigenvalue weighted by Crippen LogP contribution is -2.32. The smallest absolute Gasteiger partial charge is 0.380 e. The van der Waals surface area contributed by atoms with E-state index in [1.165, 1.54) is 45.7 Å². The summed E-state index contributed by atoms with van der Waals surface area (Å²) in [6.07, 6.45) is -1.66. The van der Waals surface area contributed by atoms with Crippen molar-refractivity contribution in [2.75, 3.05) is 18.4 Å². The number of rotatable bonds is 5. The molecule has 1 aliphatic rings. The number of hydrogen-bond acceptors (Lipinski definition) is 4. The van der Waals surface area contributed by atoms with Crippen molar-refractivity contribution >= 4 is 15.7 Å². The monoisotopic (exact) mass is 468 g/mol. The van der Waals surface area contributed by atoms with E-state index in [1.807, 2.05) is 0 Å². The summed E-state index contributed by atoms with van der Waals surface area (Å²) < 4.78 is 80.9. The van der Waals surface area contributed by atoms with Crippen molar-refractivity contribution < 1.29 is 26.0 Å². The number of benzene rings is 2. The maximum Gasteiger partial charge on any atom is 0.416 e. The van der Waals surface area contributed by atoms with Crippen molar-refractivity contribution in [1.29, 1.82) is 0 Å². The van der Waals surface area contributed by atoms with Crippen LogP contribution in [-0.4, -0.2) is 41.4 Å². The normalized spacial score (nSPS) is 19.9. The standard InChI is InChI=1S/C21H20F4N4O2S/c1-28-12-20(26-13-28)32(30,31)29-10-18(14-2-6-16(22)7-3-14)19(11-29)27-17-8-4-15(5-9-17)21(23,24)25/h2-9,12-13,18-19,27H,10-11H2,1H3/t18-,19+/m0/s1. The van der Waals surface area contributed by atoms with Gasteiger partial charge in [-0.25, -0.2) is 17.8 Å². The molecule has 1 aliphatic heterocycles. The van der Waals surface area contributed by atoms with Crippen molar-refractivity contribution in [3.63, 3.8) is 0 Å². The zero-order valence-corrected chi connectivity index (χ0v) is 17.7. The molecule has 4 rings (SSSR count). The minimum atomic E-state index is -4.45. The SMILES string of the molecule is Cn1cnc(S(=O)(=O)N2C[C@@H](Nc3ccc(C(F)(F)F)cc3)[C@H](c3ccc(F)cc3)C2)c1. The Bertz CT molecular complexity index is 1190. The number of sulfonamides is 1. The van der Waals surface area contributed by atoms with E-state index in [9.17, 15) is 26.0 Å². The summed E-state index contributed by atoms with van der Waals surface area (Å²) in [6.45, 7) is 0.185. The molecule has 1 fully saturated rings. The van der Waals surface area contributed by atoms with Gasteiger partial charge in [-0.2, -0.15) is 17.5 Å². The number of anilines is 1.